The Balaban J connectivity index is 3.05. The molecule has 0 saturated carbocycles. The minimum Gasteiger partial charge on any atom is -0.461 e. The molecule has 0 N–H and O–H groups in total. The van der Waals surface area contributed by atoms with E-state index in [-0.39, 0.29) is 12.3 Å². The molecule has 82 valence electrons. The van der Waals surface area contributed by atoms with Gasteiger partial charge in [-0.25, -0.2) is 18.6 Å². The van der Waals surface area contributed by atoms with Crippen LogP contribution in [0.25, 0.3) is 0 Å². The van der Waals surface area contributed by atoms with E-state index in [0.29, 0.717) is 5.56 Å². The molecule has 0 aromatic carbocycles. The molecule has 0 atom stereocenters. The number of aromatic nitrogens is 1. The van der Waals surface area contributed by atoms with Gasteiger partial charge >= 0.3 is 5.97 Å². The van der Waals surface area contributed by atoms with Crippen LogP contribution in [-0.4, -0.2) is 17.6 Å². The van der Waals surface area contributed by atoms with Gasteiger partial charge in [0, 0.05) is 0 Å². The molecule has 1 aromatic heterocycles. The molecular weight excluding hydrogens is 204 g/mol. The standard InChI is InChI=1S/C10H11F2NO2/c1-3-15-10(14)8-6(2)4-5-7(13-8)9(11)12/h4-5,9H,3H2,1-2H3. The fourth-order valence-corrected chi connectivity index (χ4v) is 1.07. The van der Waals surface area contributed by atoms with Gasteiger partial charge in [0.15, 0.2) is 5.69 Å². The lowest BCUT2D eigenvalue weighted by molar-refractivity contribution is 0.0517. The Bertz CT molecular complexity index is 366. The molecule has 1 aromatic rings. The second kappa shape index (κ2) is 4.82. The lowest BCUT2D eigenvalue weighted by atomic mass is 10.2. The highest BCUT2D eigenvalue weighted by molar-refractivity contribution is 5.88. The van der Waals surface area contributed by atoms with Crippen molar-refractivity contribution in [3.8, 4) is 0 Å². The quantitative estimate of drug-likeness (QED) is 0.727. The summed E-state index contributed by atoms with van der Waals surface area (Å²) in [5.41, 5.74) is 0.0659. The van der Waals surface area contributed by atoms with E-state index in [2.05, 4.69) is 4.98 Å². The molecule has 0 aliphatic heterocycles. The first-order chi connectivity index (χ1) is 7.06. The van der Waals surface area contributed by atoms with Crippen molar-refractivity contribution < 1.29 is 18.3 Å². The summed E-state index contributed by atoms with van der Waals surface area (Å²) < 4.78 is 29.3. The number of aryl methyl sites for hydroxylation is 1. The summed E-state index contributed by atoms with van der Waals surface area (Å²) >= 11 is 0. The topological polar surface area (TPSA) is 39.2 Å². The molecule has 0 bridgehead atoms. The van der Waals surface area contributed by atoms with Crippen LogP contribution in [0.5, 0.6) is 0 Å². The number of ether oxygens (including phenoxy) is 1. The Kier molecular flexibility index (Phi) is 3.71. The SMILES string of the molecule is CCOC(=O)c1nc(C(F)F)ccc1C. The maximum Gasteiger partial charge on any atom is 0.357 e. The van der Waals surface area contributed by atoms with E-state index in [1.54, 1.807) is 13.8 Å². The largest absolute Gasteiger partial charge is 0.461 e. The number of esters is 1. The minimum atomic E-state index is -2.68. The van der Waals surface area contributed by atoms with Crippen molar-refractivity contribution >= 4 is 5.97 Å². The Labute approximate surface area is 86.1 Å². The fraction of sp³-hybridized carbons (Fsp3) is 0.400. The molecular formula is C10H11F2NO2. The summed E-state index contributed by atoms with van der Waals surface area (Å²) in [7, 11) is 0. The van der Waals surface area contributed by atoms with Crippen LogP contribution < -0.4 is 0 Å². The van der Waals surface area contributed by atoms with Crippen LogP contribution in [0.1, 0.15) is 35.1 Å². The summed E-state index contributed by atoms with van der Waals surface area (Å²) in [6.45, 7) is 3.46. The lowest BCUT2D eigenvalue weighted by Crippen LogP contribution is -2.10. The molecule has 5 heteroatoms. The van der Waals surface area contributed by atoms with Crippen LogP contribution in [0.15, 0.2) is 12.1 Å². The van der Waals surface area contributed by atoms with Crippen LogP contribution in [0.4, 0.5) is 8.78 Å². The van der Waals surface area contributed by atoms with Gasteiger partial charge < -0.3 is 4.74 Å². The number of nitrogens with zero attached hydrogens (tertiary/aromatic N) is 1. The van der Waals surface area contributed by atoms with E-state index in [1.807, 2.05) is 0 Å². The van der Waals surface area contributed by atoms with E-state index >= 15 is 0 Å². The molecule has 0 spiro atoms. The van der Waals surface area contributed by atoms with E-state index in [4.69, 9.17) is 4.74 Å². The third kappa shape index (κ3) is 2.71. The summed E-state index contributed by atoms with van der Waals surface area (Å²) in [4.78, 5) is 14.9. The number of carbonyl (C=O) groups is 1. The van der Waals surface area contributed by atoms with Gasteiger partial charge in [-0.15, -0.1) is 0 Å². The Morgan fingerprint density at radius 3 is 2.73 bits per heavy atom. The van der Waals surface area contributed by atoms with Crippen molar-refractivity contribution in [3.63, 3.8) is 0 Å². The smallest absolute Gasteiger partial charge is 0.357 e. The van der Waals surface area contributed by atoms with Crippen molar-refractivity contribution in [2.24, 2.45) is 0 Å². The molecule has 0 amide bonds. The number of alkyl halides is 2. The minimum absolute atomic E-state index is 0.0466. The summed E-state index contributed by atoms with van der Waals surface area (Å²) in [5, 5.41) is 0. The first kappa shape index (κ1) is 11.6. The van der Waals surface area contributed by atoms with Gasteiger partial charge in [-0.3, -0.25) is 0 Å². The Morgan fingerprint density at radius 2 is 2.20 bits per heavy atom. The molecule has 1 rings (SSSR count). The van der Waals surface area contributed by atoms with Crippen LogP contribution in [0, 0.1) is 6.92 Å². The average molecular weight is 215 g/mol. The van der Waals surface area contributed by atoms with Gasteiger partial charge in [-0.1, -0.05) is 6.07 Å². The highest BCUT2D eigenvalue weighted by Gasteiger charge is 2.16. The predicted octanol–water partition coefficient (Wildman–Crippen LogP) is 2.50. The van der Waals surface area contributed by atoms with E-state index < -0.39 is 18.1 Å². The zero-order chi connectivity index (χ0) is 11.4. The Morgan fingerprint density at radius 1 is 1.53 bits per heavy atom. The van der Waals surface area contributed by atoms with Crippen LogP contribution in [0.2, 0.25) is 0 Å². The molecule has 0 radical (unpaired) electrons. The summed E-state index contributed by atoms with van der Waals surface area (Å²) in [5.74, 6) is -0.669. The van der Waals surface area contributed by atoms with Crippen LogP contribution >= 0.6 is 0 Å². The maximum absolute atomic E-state index is 12.3. The first-order valence-electron chi connectivity index (χ1n) is 4.49. The number of rotatable bonds is 3. The van der Waals surface area contributed by atoms with Crippen molar-refractivity contribution in [2.45, 2.75) is 20.3 Å². The predicted molar refractivity (Wildman–Crippen MR) is 49.9 cm³/mol. The molecule has 15 heavy (non-hydrogen) atoms. The average Bonchev–Trinajstić information content (AvgIpc) is 2.18. The fourth-order valence-electron chi connectivity index (χ4n) is 1.07. The highest BCUT2D eigenvalue weighted by Crippen LogP contribution is 2.18. The number of pyridine rings is 1. The zero-order valence-corrected chi connectivity index (χ0v) is 8.46. The van der Waals surface area contributed by atoms with Crippen LogP contribution in [0.3, 0.4) is 0 Å². The highest BCUT2D eigenvalue weighted by atomic mass is 19.3. The van der Waals surface area contributed by atoms with E-state index in [9.17, 15) is 13.6 Å². The van der Waals surface area contributed by atoms with Gasteiger partial charge in [0.05, 0.1) is 6.61 Å². The molecule has 0 aliphatic carbocycles. The summed E-state index contributed by atoms with van der Waals surface area (Å²) in [6.07, 6.45) is -2.68. The van der Waals surface area contributed by atoms with Crippen LogP contribution in [-0.2, 0) is 4.74 Å². The van der Waals surface area contributed by atoms with Gasteiger partial charge in [0.25, 0.3) is 6.43 Å². The second-order valence-electron chi connectivity index (χ2n) is 2.92. The number of hydrogen-bond donors (Lipinski definition) is 0. The first-order valence-corrected chi connectivity index (χ1v) is 4.49. The molecule has 3 nitrogen and oxygen atoms in total. The lowest BCUT2D eigenvalue weighted by Gasteiger charge is -2.06. The number of hydrogen-bond acceptors (Lipinski definition) is 3. The summed E-state index contributed by atoms with van der Waals surface area (Å²) in [6, 6.07) is 2.63. The molecule has 0 saturated heterocycles. The van der Waals surface area contributed by atoms with E-state index in [1.165, 1.54) is 12.1 Å². The third-order valence-corrected chi connectivity index (χ3v) is 1.81. The van der Waals surface area contributed by atoms with Gasteiger partial charge in [0.2, 0.25) is 0 Å². The van der Waals surface area contributed by atoms with Crippen molar-refractivity contribution in [3.05, 3.63) is 29.1 Å². The monoisotopic (exact) mass is 215 g/mol. The van der Waals surface area contributed by atoms with Crippen molar-refractivity contribution in [2.75, 3.05) is 6.61 Å². The van der Waals surface area contributed by atoms with Crippen molar-refractivity contribution in [1.29, 1.82) is 0 Å². The number of carbonyl (C=O) groups excluding carboxylic acids is 1. The van der Waals surface area contributed by atoms with Crippen molar-refractivity contribution in [1.82, 2.24) is 4.98 Å². The molecule has 0 aliphatic rings. The second-order valence-corrected chi connectivity index (χ2v) is 2.92. The third-order valence-electron chi connectivity index (χ3n) is 1.81. The maximum atomic E-state index is 12.3. The van der Waals surface area contributed by atoms with Gasteiger partial charge in [-0.2, -0.15) is 0 Å². The Hall–Kier alpha value is -1.52. The molecule has 1 heterocycles. The van der Waals surface area contributed by atoms with E-state index in [0.717, 1.165) is 0 Å². The van der Waals surface area contributed by atoms with Gasteiger partial charge in [-0.05, 0) is 25.5 Å². The van der Waals surface area contributed by atoms with Gasteiger partial charge in [0.1, 0.15) is 5.69 Å². The molecule has 0 fully saturated rings. The number of halogens is 2. The zero-order valence-electron chi connectivity index (χ0n) is 8.46. The normalized spacial score (nSPS) is 10.5. The molecule has 0 unspecified atom stereocenters.